The second kappa shape index (κ2) is 6.82. The van der Waals surface area contributed by atoms with Crippen molar-refractivity contribution in [2.24, 2.45) is 0 Å². The fraction of sp³-hybridized carbons (Fsp3) is 0.381. The lowest BCUT2D eigenvalue weighted by molar-refractivity contribution is -0.118. The summed E-state index contributed by atoms with van der Waals surface area (Å²) in [6.45, 7) is 0.714. The number of carbonyl (C=O) groups is 1. The minimum atomic E-state index is 0.114. The fourth-order valence-electron chi connectivity index (χ4n) is 4.32. The van der Waals surface area contributed by atoms with Gasteiger partial charge in [-0.15, -0.1) is 0 Å². The molecule has 2 aliphatic rings. The van der Waals surface area contributed by atoms with Gasteiger partial charge in [0.25, 0.3) is 0 Å². The van der Waals surface area contributed by atoms with Crippen molar-refractivity contribution in [1.29, 1.82) is 0 Å². The third-order valence-corrected chi connectivity index (χ3v) is 5.90. The molecule has 0 saturated heterocycles. The van der Waals surface area contributed by atoms with E-state index in [4.69, 9.17) is 4.98 Å². The highest BCUT2D eigenvalue weighted by Crippen LogP contribution is 2.36. The largest absolute Gasteiger partial charge is 0.361 e. The molecule has 28 heavy (non-hydrogen) atoms. The monoisotopic (exact) mass is 376 g/mol. The summed E-state index contributed by atoms with van der Waals surface area (Å²) in [6.07, 6.45) is 9.01. The number of nitrogens with one attached hydrogen (secondary N) is 2. The van der Waals surface area contributed by atoms with Crippen molar-refractivity contribution in [3.05, 3.63) is 36.7 Å². The summed E-state index contributed by atoms with van der Waals surface area (Å²) >= 11 is 0. The molecule has 1 fully saturated rings. The van der Waals surface area contributed by atoms with Gasteiger partial charge in [0, 0.05) is 43.5 Å². The minimum Gasteiger partial charge on any atom is -0.361 e. The normalized spacial score (nSPS) is 17.8. The molecule has 0 atom stereocenters. The van der Waals surface area contributed by atoms with Crippen molar-refractivity contribution >= 4 is 40.0 Å². The van der Waals surface area contributed by atoms with Gasteiger partial charge < -0.3 is 20.1 Å². The Morgan fingerprint density at radius 1 is 1.21 bits per heavy atom. The SMILES string of the molecule is CN1C(=O)CCN(C2CCCC2)c2nc(Nc3ccc4cc[nH]c4c3)ncc21. The maximum Gasteiger partial charge on any atom is 0.229 e. The lowest BCUT2D eigenvalue weighted by Crippen LogP contribution is -2.34. The van der Waals surface area contributed by atoms with E-state index in [1.54, 1.807) is 11.1 Å². The number of rotatable bonds is 3. The maximum absolute atomic E-state index is 12.4. The van der Waals surface area contributed by atoms with E-state index < -0.39 is 0 Å². The van der Waals surface area contributed by atoms with Crippen LogP contribution in [-0.2, 0) is 4.79 Å². The molecule has 3 aromatic rings. The lowest BCUT2D eigenvalue weighted by Gasteiger charge is -2.30. The topological polar surface area (TPSA) is 77.2 Å². The molecule has 1 saturated carbocycles. The Labute approximate surface area is 163 Å². The Balaban J connectivity index is 1.51. The van der Waals surface area contributed by atoms with Gasteiger partial charge in [-0.25, -0.2) is 4.98 Å². The lowest BCUT2D eigenvalue weighted by atomic mass is 10.2. The molecule has 0 spiro atoms. The molecule has 1 aromatic carbocycles. The zero-order valence-corrected chi connectivity index (χ0v) is 16.0. The molecule has 0 radical (unpaired) electrons. The van der Waals surface area contributed by atoms with Crippen LogP contribution in [0.4, 0.5) is 23.1 Å². The number of nitrogens with zero attached hydrogens (tertiary/aromatic N) is 4. The Bertz CT molecular complexity index is 1020. The molecule has 1 amide bonds. The predicted molar refractivity (Wildman–Crippen MR) is 111 cm³/mol. The number of fused-ring (bicyclic) bond motifs is 2. The summed E-state index contributed by atoms with van der Waals surface area (Å²) in [7, 11) is 1.81. The first-order valence-corrected chi connectivity index (χ1v) is 9.93. The Kier molecular flexibility index (Phi) is 4.15. The molecule has 5 rings (SSSR count). The van der Waals surface area contributed by atoms with Crippen LogP contribution >= 0.6 is 0 Å². The average molecular weight is 376 g/mol. The quantitative estimate of drug-likeness (QED) is 0.727. The van der Waals surface area contributed by atoms with E-state index in [0.717, 1.165) is 35.6 Å². The van der Waals surface area contributed by atoms with Crippen LogP contribution in [0.1, 0.15) is 32.1 Å². The maximum atomic E-state index is 12.4. The van der Waals surface area contributed by atoms with E-state index in [2.05, 4.69) is 32.3 Å². The highest BCUT2D eigenvalue weighted by molar-refractivity contribution is 5.97. The van der Waals surface area contributed by atoms with Crippen LogP contribution in [0.15, 0.2) is 36.7 Å². The third kappa shape index (κ3) is 2.96. The minimum absolute atomic E-state index is 0.114. The number of benzene rings is 1. The van der Waals surface area contributed by atoms with Gasteiger partial charge in [-0.3, -0.25) is 4.79 Å². The molecule has 7 nitrogen and oxygen atoms in total. The van der Waals surface area contributed by atoms with Gasteiger partial charge in [0.2, 0.25) is 11.9 Å². The Morgan fingerprint density at radius 2 is 2.07 bits per heavy atom. The van der Waals surface area contributed by atoms with Gasteiger partial charge in [-0.05, 0) is 36.4 Å². The Hall–Kier alpha value is -3.09. The third-order valence-electron chi connectivity index (χ3n) is 5.90. The van der Waals surface area contributed by atoms with Crippen molar-refractivity contribution in [1.82, 2.24) is 15.0 Å². The van der Waals surface area contributed by atoms with Crippen molar-refractivity contribution in [3.63, 3.8) is 0 Å². The fourth-order valence-corrected chi connectivity index (χ4v) is 4.32. The van der Waals surface area contributed by atoms with Crippen molar-refractivity contribution in [2.75, 3.05) is 28.7 Å². The van der Waals surface area contributed by atoms with Gasteiger partial charge in [-0.2, -0.15) is 4.98 Å². The molecule has 0 bridgehead atoms. The first kappa shape index (κ1) is 17.0. The smallest absolute Gasteiger partial charge is 0.229 e. The van der Waals surface area contributed by atoms with Gasteiger partial charge in [0.05, 0.1) is 6.20 Å². The highest BCUT2D eigenvalue weighted by atomic mass is 16.2. The number of aromatic amines is 1. The first-order valence-electron chi connectivity index (χ1n) is 9.93. The summed E-state index contributed by atoms with van der Waals surface area (Å²) in [5, 5.41) is 4.49. The zero-order chi connectivity index (χ0) is 19.1. The molecule has 144 valence electrons. The van der Waals surface area contributed by atoms with E-state index >= 15 is 0 Å². The van der Waals surface area contributed by atoms with Crippen LogP contribution < -0.4 is 15.1 Å². The van der Waals surface area contributed by atoms with E-state index in [9.17, 15) is 4.79 Å². The van der Waals surface area contributed by atoms with Crippen LogP contribution in [0.25, 0.3) is 10.9 Å². The second-order valence-electron chi connectivity index (χ2n) is 7.64. The molecule has 2 N–H and O–H groups in total. The molecule has 1 aliphatic carbocycles. The van der Waals surface area contributed by atoms with Crippen molar-refractivity contribution < 1.29 is 4.79 Å². The molecule has 2 aromatic heterocycles. The van der Waals surface area contributed by atoms with E-state index in [-0.39, 0.29) is 5.91 Å². The standard InChI is InChI=1S/C21H24N6O/c1-26-18-13-23-21(24-15-7-6-14-8-10-22-17(14)12-15)25-20(18)27(11-9-19(26)28)16-4-2-3-5-16/h6-8,10,12-13,16,22H,2-5,9,11H2,1H3,(H,23,24,25). The highest BCUT2D eigenvalue weighted by Gasteiger charge is 2.31. The van der Waals surface area contributed by atoms with Crippen LogP contribution in [0, 0.1) is 0 Å². The predicted octanol–water partition coefficient (Wildman–Crippen LogP) is 3.82. The number of carbonyl (C=O) groups excluding carboxylic acids is 1. The first-order chi connectivity index (χ1) is 13.7. The van der Waals surface area contributed by atoms with Gasteiger partial charge in [-0.1, -0.05) is 18.9 Å². The molecule has 0 unspecified atom stereocenters. The number of hydrogen-bond acceptors (Lipinski definition) is 5. The summed E-state index contributed by atoms with van der Waals surface area (Å²) in [6, 6.07) is 8.64. The van der Waals surface area contributed by atoms with Crippen LogP contribution in [0.2, 0.25) is 0 Å². The molecule has 3 heterocycles. The zero-order valence-electron chi connectivity index (χ0n) is 16.0. The molecular weight excluding hydrogens is 352 g/mol. The Morgan fingerprint density at radius 3 is 2.93 bits per heavy atom. The number of H-pyrrole nitrogens is 1. The number of aromatic nitrogens is 3. The van der Waals surface area contributed by atoms with Crippen molar-refractivity contribution in [2.45, 2.75) is 38.1 Å². The second-order valence-corrected chi connectivity index (χ2v) is 7.64. The van der Waals surface area contributed by atoms with Crippen LogP contribution in [0.5, 0.6) is 0 Å². The molecular formula is C21H24N6O. The van der Waals surface area contributed by atoms with Gasteiger partial charge in [0.1, 0.15) is 5.69 Å². The van der Waals surface area contributed by atoms with Gasteiger partial charge in [0.15, 0.2) is 5.82 Å². The van der Waals surface area contributed by atoms with Crippen LogP contribution in [0.3, 0.4) is 0 Å². The van der Waals surface area contributed by atoms with Crippen LogP contribution in [-0.4, -0.2) is 40.5 Å². The van der Waals surface area contributed by atoms with E-state index in [1.807, 2.05) is 25.4 Å². The number of anilines is 4. The van der Waals surface area contributed by atoms with Gasteiger partial charge >= 0.3 is 0 Å². The molecule has 7 heteroatoms. The summed E-state index contributed by atoms with van der Waals surface area (Å²) in [4.78, 5) is 29.0. The average Bonchev–Trinajstić information content (AvgIpc) is 3.37. The summed E-state index contributed by atoms with van der Waals surface area (Å²) in [5.41, 5.74) is 2.79. The van der Waals surface area contributed by atoms with E-state index in [0.29, 0.717) is 25.0 Å². The summed E-state index contributed by atoms with van der Waals surface area (Å²) < 4.78 is 0. The van der Waals surface area contributed by atoms with Crippen molar-refractivity contribution in [3.8, 4) is 0 Å². The van der Waals surface area contributed by atoms with E-state index in [1.165, 1.54) is 18.2 Å². The summed E-state index contributed by atoms with van der Waals surface area (Å²) in [5.74, 6) is 1.53. The molecule has 1 aliphatic heterocycles. The number of amides is 1. The number of hydrogen-bond donors (Lipinski definition) is 2.